The normalized spacial score (nSPS) is 15.0. The Bertz CT molecular complexity index is 1190. The molecule has 0 spiro atoms. The van der Waals surface area contributed by atoms with Crippen molar-refractivity contribution in [1.29, 1.82) is 0 Å². The van der Waals surface area contributed by atoms with Crippen molar-refractivity contribution in [2.75, 3.05) is 5.01 Å². The number of carbonyl (C=O) groups is 3. The third-order valence-corrected chi connectivity index (χ3v) is 5.05. The molecule has 0 atom stereocenters. The number of aromatic nitrogens is 1. The number of para-hydroxylation sites is 1. The fraction of sp³-hybridized carbons (Fsp3) is 0.0870. The maximum atomic E-state index is 12.8. The van der Waals surface area contributed by atoms with Crippen molar-refractivity contribution in [3.63, 3.8) is 0 Å². The SMILES string of the molecule is Cc1cc(/C=C2/C(=O)NN(c3ccccc3)C2=O)c(C)n1-c1ccc(C(=O)O)cc1. The Balaban J connectivity index is 1.69. The monoisotopic (exact) mass is 401 g/mol. The number of carbonyl (C=O) groups excluding carboxylic acids is 2. The summed E-state index contributed by atoms with van der Waals surface area (Å²) in [5.41, 5.74) is 6.71. The number of carboxylic acid groups (broad SMARTS) is 1. The number of aromatic carboxylic acids is 1. The zero-order valence-electron chi connectivity index (χ0n) is 16.4. The van der Waals surface area contributed by atoms with Crippen molar-refractivity contribution in [2.24, 2.45) is 0 Å². The molecule has 1 saturated heterocycles. The van der Waals surface area contributed by atoms with E-state index in [0.717, 1.165) is 22.6 Å². The smallest absolute Gasteiger partial charge is 0.335 e. The third-order valence-electron chi connectivity index (χ3n) is 5.05. The summed E-state index contributed by atoms with van der Waals surface area (Å²) in [6.07, 6.45) is 1.59. The molecule has 150 valence electrons. The summed E-state index contributed by atoms with van der Waals surface area (Å²) in [6, 6.07) is 17.3. The summed E-state index contributed by atoms with van der Waals surface area (Å²) in [5, 5.41) is 10.3. The van der Waals surface area contributed by atoms with E-state index in [0.29, 0.717) is 5.69 Å². The molecular formula is C23H19N3O4. The van der Waals surface area contributed by atoms with Gasteiger partial charge < -0.3 is 9.67 Å². The second kappa shape index (κ2) is 7.36. The highest BCUT2D eigenvalue weighted by Gasteiger charge is 2.34. The van der Waals surface area contributed by atoms with Gasteiger partial charge in [0.15, 0.2) is 0 Å². The van der Waals surface area contributed by atoms with Crippen LogP contribution in [0, 0.1) is 13.8 Å². The fourth-order valence-corrected chi connectivity index (χ4v) is 3.56. The predicted molar refractivity (Wildman–Crippen MR) is 112 cm³/mol. The number of benzene rings is 2. The van der Waals surface area contributed by atoms with Crippen LogP contribution in [-0.4, -0.2) is 27.5 Å². The molecule has 2 N–H and O–H groups in total. The lowest BCUT2D eigenvalue weighted by molar-refractivity contribution is -0.117. The highest BCUT2D eigenvalue weighted by molar-refractivity contribution is 6.31. The largest absolute Gasteiger partial charge is 0.478 e. The zero-order chi connectivity index (χ0) is 21.4. The van der Waals surface area contributed by atoms with Crippen molar-refractivity contribution >= 4 is 29.5 Å². The Morgan fingerprint density at radius 1 is 0.967 bits per heavy atom. The molecule has 30 heavy (non-hydrogen) atoms. The minimum absolute atomic E-state index is 0.0559. The first-order chi connectivity index (χ1) is 14.4. The molecule has 1 aromatic heterocycles. The number of rotatable bonds is 4. The molecule has 7 heteroatoms. The van der Waals surface area contributed by atoms with Crippen LogP contribution in [0.25, 0.3) is 11.8 Å². The summed E-state index contributed by atoms with van der Waals surface area (Å²) in [6.45, 7) is 3.80. The Hall–Kier alpha value is -4.13. The average molecular weight is 401 g/mol. The number of nitrogens with zero attached hydrogens (tertiary/aromatic N) is 2. The van der Waals surface area contributed by atoms with Crippen LogP contribution in [-0.2, 0) is 9.59 Å². The van der Waals surface area contributed by atoms with Gasteiger partial charge >= 0.3 is 5.97 Å². The van der Waals surface area contributed by atoms with Crippen molar-refractivity contribution in [2.45, 2.75) is 13.8 Å². The Kier molecular flexibility index (Phi) is 4.71. The maximum absolute atomic E-state index is 12.8. The molecular weight excluding hydrogens is 382 g/mol. The van der Waals surface area contributed by atoms with E-state index in [1.165, 1.54) is 5.01 Å². The second-order valence-corrected chi connectivity index (χ2v) is 6.99. The highest BCUT2D eigenvalue weighted by Crippen LogP contribution is 2.26. The van der Waals surface area contributed by atoms with Gasteiger partial charge in [0.25, 0.3) is 11.8 Å². The summed E-state index contributed by atoms with van der Waals surface area (Å²) in [7, 11) is 0. The van der Waals surface area contributed by atoms with Gasteiger partial charge in [-0.15, -0.1) is 0 Å². The number of nitrogens with one attached hydrogen (secondary N) is 1. The van der Waals surface area contributed by atoms with E-state index in [1.54, 1.807) is 54.6 Å². The summed E-state index contributed by atoms with van der Waals surface area (Å²) in [5.74, 6) is -1.86. The topological polar surface area (TPSA) is 91.6 Å². The van der Waals surface area contributed by atoms with Gasteiger partial charge in [0.2, 0.25) is 0 Å². The fourth-order valence-electron chi connectivity index (χ4n) is 3.56. The standard InChI is InChI=1S/C23H19N3O4/c1-14-12-17(15(2)25(14)18-10-8-16(9-11-18)23(29)30)13-20-21(27)24-26(22(20)28)19-6-4-3-5-7-19/h3-13H,1-2H3,(H,24,27)(H,29,30)/b20-13-. The van der Waals surface area contributed by atoms with Gasteiger partial charge in [-0.05, 0) is 68.0 Å². The molecule has 0 aliphatic carbocycles. The molecule has 7 nitrogen and oxygen atoms in total. The quantitative estimate of drug-likeness (QED) is 0.519. The number of anilines is 1. The van der Waals surface area contributed by atoms with E-state index in [9.17, 15) is 14.4 Å². The van der Waals surface area contributed by atoms with Crippen molar-refractivity contribution in [3.8, 4) is 5.69 Å². The van der Waals surface area contributed by atoms with Crippen LogP contribution in [0.3, 0.4) is 0 Å². The van der Waals surface area contributed by atoms with Crippen LogP contribution in [0.5, 0.6) is 0 Å². The Morgan fingerprint density at radius 3 is 2.27 bits per heavy atom. The first-order valence-electron chi connectivity index (χ1n) is 9.31. The van der Waals surface area contributed by atoms with Crippen molar-refractivity contribution in [3.05, 3.63) is 88.8 Å². The van der Waals surface area contributed by atoms with Gasteiger partial charge in [0, 0.05) is 17.1 Å². The second-order valence-electron chi connectivity index (χ2n) is 6.99. The van der Waals surface area contributed by atoms with Crippen molar-refractivity contribution < 1.29 is 19.5 Å². The lowest BCUT2D eigenvalue weighted by Crippen LogP contribution is -2.35. The van der Waals surface area contributed by atoms with E-state index in [2.05, 4.69) is 5.43 Å². The molecule has 0 saturated carbocycles. The first-order valence-corrected chi connectivity index (χ1v) is 9.31. The third kappa shape index (κ3) is 3.26. The van der Waals surface area contributed by atoms with Gasteiger partial charge in [-0.3, -0.25) is 15.0 Å². The average Bonchev–Trinajstić information content (AvgIpc) is 3.18. The van der Waals surface area contributed by atoms with Crippen molar-refractivity contribution in [1.82, 2.24) is 9.99 Å². The van der Waals surface area contributed by atoms with Crippen LogP contribution < -0.4 is 10.4 Å². The van der Waals surface area contributed by atoms with Gasteiger partial charge in [-0.25, -0.2) is 9.80 Å². The van der Waals surface area contributed by atoms with E-state index in [-0.39, 0.29) is 11.1 Å². The molecule has 4 rings (SSSR count). The van der Waals surface area contributed by atoms with Gasteiger partial charge in [-0.1, -0.05) is 18.2 Å². The molecule has 2 amide bonds. The molecule has 0 bridgehead atoms. The number of hydrazine groups is 1. The van der Waals surface area contributed by atoms with Crippen LogP contribution in [0.4, 0.5) is 5.69 Å². The summed E-state index contributed by atoms with van der Waals surface area (Å²) < 4.78 is 1.95. The molecule has 1 fully saturated rings. The van der Waals surface area contributed by atoms with Crippen LogP contribution in [0.1, 0.15) is 27.3 Å². The highest BCUT2D eigenvalue weighted by atomic mass is 16.4. The Morgan fingerprint density at radius 2 is 1.63 bits per heavy atom. The molecule has 1 aliphatic rings. The van der Waals surface area contributed by atoms with Gasteiger partial charge in [-0.2, -0.15) is 0 Å². The molecule has 0 unspecified atom stereocenters. The molecule has 0 radical (unpaired) electrons. The lowest BCUT2D eigenvalue weighted by atomic mass is 10.1. The number of carboxylic acids is 1. The van der Waals surface area contributed by atoms with Gasteiger partial charge in [0.1, 0.15) is 5.57 Å². The van der Waals surface area contributed by atoms with E-state index in [1.807, 2.05) is 30.5 Å². The van der Waals surface area contributed by atoms with Crippen LogP contribution >= 0.6 is 0 Å². The minimum Gasteiger partial charge on any atom is -0.478 e. The summed E-state index contributed by atoms with van der Waals surface area (Å²) >= 11 is 0. The predicted octanol–water partition coefficient (Wildman–Crippen LogP) is 3.25. The molecule has 2 aromatic carbocycles. The number of hydrogen-bond donors (Lipinski definition) is 2. The lowest BCUT2D eigenvalue weighted by Gasteiger charge is -2.13. The number of amides is 2. The number of aryl methyl sites for hydroxylation is 1. The molecule has 2 heterocycles. The molecule has 1 aliphatic heterocycles. The first kappa shape index (κ1) is 19.2. The maximum Gasteiger partial charge on any atom is 0.335 e. The van der Waals surface area contributed by atoms with E-state index >= 15 is 0 Å². The zero-order valence-corrected chi connectivity index (χ0v) is 16.4. The minimum atomic E-state index is -0.985. The molecule has 3 aromatic rings. The Labute approximate surface area is 172 Å². The van der Waals surface area contributed by atoms with Crippen LogP contribution in [0.2, 0.25) is 0 Å². The number of hydrogen-bond acceptors (Lipinski definition) is 3. The van der Waals surface area contributed by atoms with Crippen LogP contribution in [0.15, 0.2) is 66.2 Å². The van der Waals surface area contributed by atoms with E-state index < -0.39 is 17.8 Å². The van der Waals surface area contributed by atoms with E-state index in [4.69, 9.17) is 5.11 Å². The summed E-state index contributed by atoms with van der Waals surface area (Å²) in [4.78, 5) is 36.3. The van der Waals surface area contributed by atoms with Gasteiger partial charge in [0.05, 0.1) is 11.3 Å².